The Labute approximate surface area is 78.5 Å². The first kappa shape index (κ1) is 9.01. The summed E-state index contributed by atoms with van der Waals surface area (Å²) in [6.07, 6.45) is 0. The zero-order valence-corrected chi connectivity index (χ0v) is 8.29. The van der Waals surface area contributed by atoms with Gasteiger partial charge in [0.15, 0.2) is 5.08 Å². The van der Waals surface area contributed by atoms with Gasteiger partial charge in [-0.05, 0) is 28.4 Å². The van der Waals surface area contributed by atoms with Gasteiger partial charge in [0.1, 0.15) is 0 Å². The molecule has 1 aromatic carbocycles. The Morgan fingerprint density at radius 2 is 2.18 bits per heavy atom. The minimum Gasteiger partial charge on any atom is -0.230 e. The lowest BCUT2D eigenvalue weighted by Crippen LogP contribution is -1.85. The van der Waals surface area contributed by atoms with Crippen LogP contribution in [0.15, 0.2) is 18.2 Å². The Morgan fingerprint density at radius 1 is 1.55 bits per heavy atom. The van der Waals surface area contributed by atoms with Crippen LogP contribution in [0.2, 0.25) is 5.02 Å². The fourth-order valence-corrected chi connectivity index (χ4v) is 1.57. The second-order valence-corrected chi connectivity index (χ2v) is 3.46. The molecule has 0 aromatic heterocycles. The van der Waals surface area contributed by atoms with Crippen molar-refractivity contribution in [2.45, 2.75) is 12.0 Å². The summed E-state index contributed by atoms with van der Waals surface area (Å²) in [7, 11) is 0. The molecule has 0 aliphatic rings. The van der Waals surface area contributed by atoms with E-state index in [4.69, 9.17) is 11.6 Å². The topological polar surface area (TPSA) is 0 Å². The van der Waals surface area contributed by atoms with Gasteiger partial charge in [-0.25, -0.2) is 4.39 Å². The van der Waals surface area contributed by atoms with E-state index in [1.54, 1.807) is 12.1 Å². The molecule has 0 N–H and O–H groups in total. The van der Waals surface area contributed by atoms with Crippen LogP contribution in [-0.4, -0.2) is 0 Å². The van der Waals surface area contributed by atoms with Crippen LogP contribution in [0, 0.1) is 6.92 Å². The van der Waals surface area contributed by atoms with E-state index in [1.807, 2.05) is 13.0 Å². The first-order chi connectivity index (χ1) is 5.13. The van der Waals surface area contributed by atoms with Gasteiger partial charge in [-0.1, -0.05) is 29.8 Å². The summed E-state index contributed by atoms with van der Waals surface area (Å²) >= 11 is 8.63. The molecule has 0 spiro atoms. The summed E-state index contributed by atoms with van der Waals surface area (Å²) in [5.74, 6) is 0. The maximum Gasteiger partial charge on any atom is 0.181 e. The third-order valence-corrected chi connectivity index (χ3v) is 2.47. The van der Waals surface area contributed by atoms with E-state index in [0.29, 0.717) is 10.6 Å². The summed E-state index contributed by atoms with van der Waals surface area (Å²) < 4.78 is 12.7. The first-order valence-electron chi connectivity index (χ1n) is 3.16. The molecule has 1 rings (SSSR count). The molecule has 1 atom stereocenters. The molecule has 0 unspecified atom stereocenters. The van der Waals surface area contributed by atoms with Crippen LogP contribution in [0.5, 0.6) is 0 Å². The fourth-order valence-electron chi connectivity index (χ4n) is 0.839. The lowest BCUT2D eigenvalue weighted by atomic mass is 10.1. The van der Waals surface area contributed by atoms with E-state index in [-0.39, 0.29) is 0 Å². The van der Waals surface area contributed by atoms with E-state index >= 15 is 0 Å². The van der Waals surface area contributed by atoms with Gasteiger partial charge in [-0.15, -0.1) is 0 Å². The van der Waals surface area contributed by atoms with Crippen LogP contribution in [-0.2, 0) is 0 Å². The second kappa shape index (κ2) is 3.55. The zero-order chi connectivity index (χ0) is 8.43. The first-order valence-corrected chi connectivity index (χ1v) is 4.45. The average Bonchev–Trinajstić information content (AvgIpc) is 1.94. The molecule has 60 valence electrons. The maximum atomic E-state index is 12.7. The van der Waals surface area contributed by atoms with Crippen molar-refractivity contribution in [2.75, 3.05) is 0 Å². The van der Waals surface area contributed by atoms with Gasteiger partial charge in [0.25, 0.3) is 0 Å². The van der Waals surface area contributed by atoms with Crippen LogP contribution < -0.4 is 0 Å². The Balaban J connectivity index is 3.17. The average molecular weight is 237 g/mol. The van der Waals surface area contributed by atoms with Crippen LogP contribution >= 0.6 is 27.5 Å². The van der Waals surface area contributed by atoms with E-state index in [9.17, 15) is 4.39 Å². The number of hydrogen-bond donors (Lipinski definition) is 0. The van der Waals surface area contributed by atoms with Gasteiger partial charge in [-0.3, -0.25) is 0 Å². The van der Waals surface area contributed by atoms with Gasteiger partial charge in [0.05, 0.1) is 5.02 Å². The zero-order valence-electron chi connectivity index (χ0n) is 5.94. The smallest absolute Gasteiger partial charge is 0.181 e. The van der Waals surface area contributed by atoms with Crippen LogP contribution in [0.4, 0.5) is 4.39 Å². The van der Waals surface area contributed by atoms with Crippen LogP contribution in [0.3, 0.4) is 0 Å². The Morgan fingerprint density at radius 3 is 2.64 bits per heavy atom. The number of halogens is 3. The van der Waals surface area contributed by atoms with Crippen molar-refractivity contribution >= 4 is 27.5 Å². The summed E-state index contributed by atoms with van der Waals surface area (Å²) in [5, 5.41) is -0.674. The van der Waals surface area contributed by atoms with Crippen molar-refractivity contribution in [3.8, 4) is 0 Å². The number of hydrogen-bond acceptors (Lipinski definition) is 0. The third kappa shape index (κ3) is 1.94. The van der Waals surface area contributed by atoms with Gasteiger partial charge < -0.3 is 0 Å². The highest BCUT2D eigenvalue weighted by atomic mass is 79.9. The highest BCUT2D eigenvalue weighted by Gasteiger charge is 2.09. The lowest BCUT2D eigenvalue weighted by molar-refractivity contribution is 0.479. The van der Waals surface area contributed by atoms with Crippen molar-refractivity contribution in [3.63, 3.8) is 0 Å². The molecule has 0 amide bonds. The van der Waals surface area contributed by atoms with E-state index in [1.165, 1.54) is 0 Å². The molecule has 0 fully saturated rings. The quantitative estimate of drug-likeness (QED) is 0.647. The molecular formula is C8H7BrClF. The largest absolute Gasteiger partial charge is 0.230 e. The summed E-state index contributed by atoms with van der Waals surface area (Å²) in [6, 6.07) is 5.29. The highest BCUT2D eigenvalue weighted by molar-refractivity contribution is 9.09. The third-order valence-electron chi connectivity index (χ3n) is 1.46. The van der Waals surface area contributed by atoms with Gasteiger partial charge in [-0.2, -0.15) is 0 Å². The normalized spacial score (nSPS) is 13.1. The number of alkyl halides is 2. The second-order valence-electron chi connectivity index (χ2n) is 2.28. The predicted octanol–water partition coefficient (Wildman–Crippen LogP) is 4.01. The molecule has 0 aliphatic heterocycles. The van der Waals surface area contributed by atoms with Gasteiger partial charge >= 0.3 is 0 Å². The molecule has 0 heterocycles. The number of rotatable bonds is 1. The van der Waals surface area contributed by atoms with Gasteiger partial charge in [0.2, 0.25) is 0 Å². The molecule has 3 heteroatoms. The minimum absolute atomic E-state index is 0.492. The summed E-state index contributed by atoms with van der Waals surface area (Å²) in [4.78, 5) is 0. The molecule has 11 heavy (non-hydrogen) atoms. The van der Waals surface area contributed by atoms with Crippen molar-refractivity contribution in [3.05, 3.63) is 34.3 Å². The Bertz CT molecular complexity index is 260. The molecule has 0 aliphatic carbocycles. The number of benzene rings is 1. The maximum absolute atomic E-state index is 12.7. The van der Waals surface area contributed by atoms with Crippen molar-refractivity contribution < 1.29 is 4.39 Å². The summed E-state index contributed by atoms with van der Waals surface area (Å²) in [6.45, 7) is 1.85. The molecule has 0 bridgehead atoms. The van der Waals surface area contributed by atoms with Crippen molar-refractivity contribution in [2.24, 2.45) is 0 Å². The molecule has 0 saturated carbocycles. The SMILES string of the molecule is Cc1cccc([C@@H](F)Br)c1Cl. The predicted molar refractivity (Wildman–Crippen MR) is 49.0 cm³/mol. The fraction of sp³-hybridized carbons (Fsp3) is 0.250. The monoisotopic (exact) mass is 236 g/mol. The van der Waals surface area contributed by atoms with Crippen molar-refractivity contribution in [1.29, 1.82) is 0 Å². The standard InChI is InChI=1S/C8H7BrClF/c1-5-3-2-4-6(7(5)10)8(9)11/h2-4,8H,1H3/t8-/m1/s1. The number of aryl methyl sites for hydroxylation is 1. The minimum atomic E-state index is -1.17. The molecular weight excluding hydrogens is 230 g/mol. The summed E-state index contributed by atoms with van der Waals surface area (Å²) in [5.41, 5.74) is 1.39. The lowest BCUT2D eigenvalue weighted by Gasteiger charge is -2.05. The molecule has 0 nitrogen and oxygen atoms in total. The molecule has 1 aromatic rings. The Hall–Kier alpha value is -0.0800. The van der Waals surface area contributed by atoms with Crippen molar-refractivity contribution in [1.82, 2.24) is 0 Å². The highest BCUT2D eigenvalue weighted by Crippen LogP contribution is 2.31. The van der Waals surface area contributed by atoms with Crippen LogP contribution in [0.1, 0.15) is 16.2 Å². The molecule has 0 radical (unpaired) electrons. The van der Waals surface area contributed by atoms with E-state index in [2.05, 4.69) is 15.9 Å². The Kier molecular flexibility index (Phi) is 2.90. The van der Waals surface area contributed by atoms with E-state index in [0.717, 1.165) is 5.56 Å². The van der Waals surface area contributed by atoms with E-state index < -0.39 is 5.08 Å². The molecule has 0 saturated heterocycles. The van der Waals surface area contributed by atoms with Crippen LogP contribution in [0.25, 0.3) is 0 Å². The van der Waals surface area contributed by atoms with Gasteiger partial charge in [0, 0.05) is 5.56 Å².